The molecule has 0 aliphatic carbocycles. The van der Waals surface area contributed by atoms with Gasteiger partial charge >= 0.3 is 11.2 Å². The Balaban J connectivity index is 1.65. The van der Waals surface area contributed by atoms with Crippen LogP contribution in [0, 0.1) is 28.3 Å². The number of hydrogen-bond acceptors (Lipinski definition) is 7. The Kier molecular flexibility index (Phi) is 7.62. The quantitative estimate of drug-likeness (QED) is 0.174. The van der Waals surface area contributed by atoms with Crippen LogP contribution in [0.3, 0.4) is 0 Å². The van der Waals surface area contributed by atoms with Crippen LogP contribution in [0.15, 0.2) is 59.4 Å². The maximum absolute atomic E-state index is 14.2. The molecule has 0 spiro atoms. The van der Waals surface area contributed by atoms with E-state index in [1.165, 1.54) is 49.1 Å². The van der Waals surface area contributed by atoms with Crippen molar-refractivity contribution in [2.75, 3.05) is 25.1 Å². The minimum atomic E-state index is -0.776. The molecule has 0 bridgehead atoms. The minimum Gasteiger partial charge on any atom is -0.496 e. The SMILES string of the molecule is [C-]#[N+]c1ccc2c(n1)c(N1C[C@@H](C)N(C(c3ccc(F)cc3)c3ccc(F)cc3OC)C[C@@H]1C)c([N+](=O)[O-])c(=O)n2C. The summed E-state index contributed by atoms with van der Waals surface area (Å²) in [5, 5.41) is 12.3. The van der Waals surface area contributed by atoms with Gasteiger partial charge in [-0.25, -0.2) is 8.78 Å². The first kappa shape index (κ1) is 28.6. The first-order valence-electron chi connectivity index (χ1n) is 13.2. The summed E-state index contributed by atoms with van der Waals surface area (Å²) in [5.41, 5.74) is 0.675. The van der Waals surface area contributed by atoms with E-state index >= 15 is 0 Å². The molecule has 0 saturated carbocycles. The number of pyridine rings is 2. The molecule has 3 atom stereocenters. The van der Waals surface area contributed by atoms with Gasteiger partial charge in [-0.3, -0.25) is 19.8 Å². The van der Waals surface area contributed by atoms with E-state index in [-0.39, 0.29) is 35.7 Å². The summed E-state index contributed by atoms with van der Waals surface area (Å²) in [7, 11) is 2.89. The highest BCUT2D eigenvalue weighted by Crippen LogP contribution is 2.41. The van der Waals surface area contributed by atoms with Crippen LogP contribution in [0.5, 0.6) is 5.75 Å². The molecule has 5 rings (SSSR count). The van der Waals surface area contributed by atoms with Gasteiger partial charge in [-0.2, -0.15) is 0 Å². The number of hydrogen-bond donors (Lipinski definition) is 0. The number of aryl methyl sites for hydroxylation is 1. The fraction of sp³-hybridized carbons (Fsp3) is 0.300. The lowest BCUT2D eigenvalue weighted by Gasteiger charge is -2.48. The van der Waals surface area contributed by atoms with Crippen molar-refractivity contribution >= 4 is 28.2 Å². The highest BCUT2D eigenvalue weighted by atomic mass is 19.1. The highest BCUT2D eigenvalue weighted by molar-refractivity contribution is 5.94. The third-order valence-corrected chi connectivity index (χ3v) is 7.80. The predicted molar refractivity (Wildman–Crippen MR) is 154 cm³/mol. The van der Waals surface area contributed by atoms with Crippen LogP contribution >= 0.6 is 0 Å². The molecule has 1 aliphatic rings. The summed E-state index contributed by atoms with van der Waals surface area (Å²) in [6.45, 7) is 11.9. The number of halogens is 2. The van der Waals surface area contributed by atoms with E-state index in [4.69, 9.17) is 11.3 Å². The maximum Gasteiger partial charge on any atom is 0.361 e. The van der Waals surface area contributed by atoms with E-state index in [2.05, 4.69) is 14.7 Å². The molecular formula is C30H28F2N6O4. The fourth-order valence-corrected chi connectivity index (χ4v) is 5.80. The number of rotatable bonds is 6. The number of methoxy groups -OCH3 is 1. The van der Waals surface area contributed by atoms with Crippen molar-refractivity contribution in [2.24, 2.45) is 7.05 Å². The topological polar surface area (TPSA) is 98.1 Å². The number of aromatic nitrogens is 2. The Morgan fingerprint density at radius 1 is 1.07 bits per heavy atom. The Morgan fingerprint density at radius 2 is 1.76 bits per heavy atom. The molecule has 10 nitrogen and oxygen atoms in total. The van der Waals surface area contributed by atoms with Crippen molar-refractivity contribution in [3.63, 3.8) is 0 Å². The number of nitro groups is 1. The highest BCUT2D eigenvalue weighted by Gasteiger charge is 2.41. The van der Waals surface area contributed by atoms with Crippen molar-refractivity contribution in [1.29, 1.82) is 0 Å². The zero-order chi connectivity index (χ0) is 30.3. The van der Waals surface area contributed by atoms with E-state index < -0.39 is 33.8 Å². The summed E-state index contributed by atoms with van der Waals surface area (Å²) in [6, 6.07) is 12.3. The summed E-state index contributed by atoms with van der Waals surface area (Å²) < 4.78 is 34.8. The molecule has 1 saturated heterocycles. The van der Waals surface area contributed by atoms with Crippen LogP contribution in [0.2, 0.25) is 0 Å². The first-order valence-corrected chi connectivity index (χ1v) is 13.2. The molecule has 42 heavy (non-hydrogen) atoms. The van der Waals surface area contributed by atoms with Gasteiger partial charge < -0.3 is 19.0 Å². The maximum atomic E-state index is 14.2. The van der Waals surface area contributed by atoms with Gasteiger partial charge in [-0.05, 0) is 49.7 Å². The number of piperazine rings is 1. The first-order chi connectivity index (χ1) is 20.0. The average molecular weight is 575 g/mol. The Hall–Kier alpha value is -4.89. The molecule has 4 aromatic rings. The number of fused-ring (bicyclic) bond motifs is 1. The second-order valence-corrected chi connectivity index (χ2v) is 10.4. The van der Waals surface area contributed by atoms with Crippen LogP contribution in [0.25, 0.3) is 15.9 Å². The summed E-state index contributed by atoms with van der Waals surface area (Å²) in [5.74, 6) is -0.478. The summed E-state index contributed by atoms with van der Waals surface area (Å²) in [6.07, 6.45) is 0. The summed E-state index contributed by atoms with van der Waals surface area (Å²) in [4.78, 5) is 36.5. The van der Waals surface area contributed by atoms with Crippen LogP contribution < -0.4 is 15.2 Å². The van der Waals surface area contributed by atoms with E-state index in [9.17, 15) is 23.7 Å². The molecule has 2 aromatic carbocycles. The molecule has 1 aliphatic heterocycles. The number of benzene rings is 2. The lowest BCUT2D eigenvalue weighted by Crippen LogP contribution is -2.58. The van der Waals surface area contributed by atoms with Gasteiger partial charge in [0.05, 0.1) is 23.6 Å². The van der Waals surface area contributed by atoms with E-state index in [1.54, 1.807) is 29.2 Å². The average Bonchev–Trinajstić information content (AvgIpc) is 2.97. The van der Waals surface area contributed by atoms with Crippen LogP contribution in [0.1, 0.15) is 31.0 Å². The van der Waals surface area contributed by atoms with E-state index in [0.717, 1.165) is 5.56 Å². The standard InChI is InChI=1S/C30H28F2N6O4/c1-17-16-37(28-26-23(12-13-25(33-3)34-26)35(4)30(39)29(28)38(40)41)18(2)15-36(17)27(19-6-8-20(31)9-7-19)22-11-10-21(32)14-24(22)42-5/h6-14,17-18,27H,15-16H2,1-2,4-5H3/t17-,18+,27?/m1/s1. The molecule has 12 heteroatoms. The lowest BCUT2D eigenvalue weighted by molar-refractivity contribution is -0.385. The van der Waals surface area contributed by atoms with Gasteiger partial charge in [0, 0.05) is 43.9 Å². The molecular weight excluding hydrogens is 546 g/mol. The van der Waals surface area contributed by atoms with Crippen LogP contribution in [-0.2, 0) is 7.05 Å². The van der Waals surface area contributed by atoms with Gasteiger partial charge in [0.25, 0.3) is 5.82 Å². The predicted octanol–water partition coefficient (Wildman–Crippen LogP) is 5.37. The van der Waals surface area contributed by atoms with Crippen molar-refractivity contribution in [3.8, 4) is 5.75 Å². The van der Waals surface area contributed by atoms with Crippen molar-refractivity contribution in [3.05, 3.63) is 109 Å². The van der Waals surface area contributed by atoms with Gasteiger partial charge in [0.1, 0.15) is 17.4 Å². The van der Waals surface area contributed by atoms with Gasteiger partial charge in [0.2, 0.25) is 5.52 Å². The van der Waals surface area contributed by atoms with Crippen LogP contribution in [0.4, 0.5) is 26.0 Å². The Labute approximate surface area is 240 Å². The molecule has 0 N–H and O–H groups in total. The Morgan fingerprint density at radius 3 is 2.40 bits per heavy atom. The molecule has 2 aromatic heterocycles. The lowest BCUT2D eigenvalue weighted by atomic mass is 9.92. The monoisotopic (exact) mass is 574 g/mol. The number of ether oxygens (including phenoxy) is 1. The largest absolute Gasteiger partial charge is 0.496 e. The van der Waals surface area contributed by atoms with Gasteiger partial charge in [-0.15, -0.1) is 4.98 Å². The second kappa shape index (κ2) is 11.2. The summed E-state index contributed by atoms with van der Waals surface area (Å²) >= 11 is 0. The minimum absolute atomic E-state index is 0.0517. The van der Waals surface area contributed by atoms with E-state index in [1.807, 2.05) is 13.8 Å². The molecule has 0 radical (unpaired) electrons. The third-order valence-electron chi connectivity index (χ3n) is 7.80. The molecule has 1 fully saturated rings. The second-order valence-electron chi connectivity index (χ2n) is 10.4. The zero-order valence-electron chi connectivity index (χ0n) is 23.4. The van der Waals surface area contributed by atoms with Crippen molar-refractivity contribution in [1.82, 2.24) is 14.5 Å². The van der Waals surface area contributed by atoms with Gasteiger partial charge in [-0.1, -0.05) is 24.8 Å². The van der Waals surface area contributed by atoms with Crippen molar-refractivity contribution in [2.45, 2.75) is 32.0 Å². The zero-order valence-corrected chi connectivity index (χ0v) is 23.4. The number of nitrogens with zero attached hydrogens (tertiary/aromatic N) is 6. The smallest absolute Gasteiger partial charge is 0.361 e. The van der Waals surface area contributed by atoms with Crippen LogP contribution in [-0.4, -0.2) is 51.7 Å². The molecule has 3 heterocycles. The molecule has 1 unspecified atom stereocenters. The normalized spacial score (nSPS) is 18.1. The Bertz CT molecular complexity index is 1790. The molecule has 0 amide bonds. The van der Waals surface area contributed by atoms with E-state index in [0.29, 0.717) is 23.4 Å². The fourth-order valence-electron chi connectivity index (χ4n) is 5.80. The number of anilines is 1. The van der Waals surface area contributed by atoms with Crippen molar-refractivity contribution < 1.29 is 18.4 Å². The third kappa shape index (κ3) is 4.92. The molecule has 216 valence electrons. The van der Waals surface area contributed by atoms with Gasteiger partial charge in [0.15, 0.2) is 5.69 Å².